The van der Waals surface area contributed by atoms with E-state index in [1.165, 1.54) is 43.3 Å². The summed E-state index contributed by atoms with van der Waals surface area (Å²) in [4.78, 5) is 38.0. The summed E-state index contributed by atoms with van der Waals surface area (Å²) in [5.74, 6) is -1.75. The van der Waals surface area contributed by atoms with Gasteiger partial charge in [0.25, 0.3) is 5.91 Å². The van der Waals surface area contributed by atoms with Crippen molar-refractivity contribution in [1.29, 1.82) is 0 Å². The van der Waals surface area contributed by atoms with Gasteiger partial charge in [0.1, 0.15) is 12.9 Å². The summed E-state index contributed by atoms with van der Waals surface area (Å²) < 4.78 is 83.5. The number of nitrogens with two attached hydrogens (primary N) is 1. The summed E-state index contributed by atoms with van der Waals surface area (Å²) in [5, 5.41) is 7.89. The zero-order valence-corrected chi connectivity index (χ0v) is 28.6. The number of aliphatic imine (C=N–C) groups is 1. The number of esters is 1. The van der Waals surface area contributed by atoms with Crippen molar-refractivity contribution in [3.8, 4) is 22.5 Å². The largest absolute Gasteiger partial charge is 0.463 e. The van der Waals surface area contributed by atoms with E-state index in [4.69, 9.17) is 31.2 Å². The fourth-order valence-corrected chi connectivity index (χ4v) is 6.35. The minimum atomic E-state index is -2.82. The number of carbonyl (C=O) groups excluding carboxylic acids is 2. The summed E-state index contributed by atoms with van der Waals surface area (Å²) in [6, 6.07) is 10.0. The molecule has 4 aromatic rings. The Kier molecular flexibility index (Phi) is 8.44. The molecule has 1 amide bonds. The van der Waals surface area contributed by atoms with Gasteiger partial charge in [0.15, 0.2) is 17.3 Å². The van der Waals surface area contributed by atoms with E-state index in [2.05, 4.69) is 15.2 Å². The van der Waals surface area contributed by atoms with E-state index in [0.717, 1.165) is 19.2 Å². The molecule has 51 heavy (non-hydrogen) atoms. The van der Waals surface area contributed by atoms with Crippen LogP contribution in [0.15, 0.2) is 66.2 Å². The van der Waals surface area contributed by atoms with E-state index >= 15 is 0 Å². The molecule has 2 aliphatic rings. The maximum atomic E-state index is 15.0. The number of benzene rings is 2. The number of amides is 1. The van der Waals surface area contributed by atoms with Gasteiger partial charge in [-0.25, -0.2) is 23.4 Å². The molecule has 6 rings (SSSR count). The van der Waals surface area contributed by atoms with Crippen LogP contribution in [0.3, 0.4) is 0 Å². The third-order valence-corrected chi connectivity index (χ3v) is 9.75. The molecule has 11 nitrogen and oxygen atoms in total. The molecule has 1 aliphatic carbocycles. The SMILES string of the molecule is [2H]C([2H])([2H])n1cnc(-c2cc([C@@H](COC(=O)CC(C)(C)C(F)F)N3C(=O)[C@@](CC4(C)CC4)(c4ccc(-c5cnn(C(F)F)c5)cc4)N=C3N)ccc2Cl)n1. The molecule has 3 heterocycles. The van der Waals surface area contributed by atoms with Crippen molar-refractivity contribution in [2.45, 2.75) is 71.0 Å². The topological polar surface area (TPSA) is 134 Å². The number of hydrogen-bond donors (Lipinski definition) is 1. The zero-order chi connectivity index (χ0) is 39.4. The van der Waals surface area contributed by atoms with Crippen LogP contribution in [-0.2, 0) is 26.8 Å². The number of halogens is 5. The molecule has 2 N–H and O–H groups in total. The van der Waals surface area contributed by atoms with E-state index in [9.17, 15) is 27.2 Å². The average Bonchev–Trinajstić information content (AvgIpc) is 3.45. The molecule has 1 aliphatic heterocycles. The number of hydrogen-bond acceptors (Lipinski definition) is 8. The van der Waals surface area contributed by atoms with E-state index in [0.29, 0.717) is 31.6 Å². The lowest BCUT2D eigenvalue weighted by Gasteiger charge is -2.33. The molecule has 0 bridgehead atoms. The first-order valence-corrected chi connectivity index (χ1v) is 16.4. The highest BCUT2D eigenvalue weighted by atomic mass is 35.5. The van der Waals surface area contributed by atoms with Gasteiger partial charge < -0.3 is 10.5 Å². The van der Waals surface area contributed by atoms with Crippen molar-refractivity contribution in [1.82, 2.24) is 29.4 Å². The minimum Gasteiger partial charge on any atom is -0.463 e. The quantitative estimate of drug-likeness (QED) is 0.117. The Morgan fingerprint density at radius 2 is 1.86 bits per heavy atom. The predicted octanol–water partition coefficient (Wildman–Crippen LogP) is 6.90. The molecule has 2 atom stereocenters. The molecule has 2 aromatic heterocycles. The summed E-state index contributed by atoms with van der Waals surface area (Å²) in [6.07, 6.45) is 1.99. The standard InChI is InChI=1S/C35H37ClF4N8O3/c1-33(2,29(37)38)14-27(49)51-17-26(21-7-10-25(36)24(13-21)28-42-19-46(4)45-28)48-30(50)35(44-32(48)41,18-34(3)11-12-34)23-8-5-20(6-9-23)22-15-43-47(16-22)31(39)40/h5-10,13,15-16,19,26,29,31H,11-12,14,17-18H2,1-4H3,(H2,41,44)/t26-,35-/m1/s1/i4D3. The lowest BCUT2D eigenvalue weighted by molar-refractivity contribution is -0.152. The van der Waals surface area contributed by atoms with Crippen molar-refractivity contribution >= 4 is 29.4 Å². The Bertz CT molecular complexity index is 2090. The van der Waals surface area contributed by atoms with Crippen molar-refractivity contribution < 1.29 is 36.0 Å². The first-order valence-electron chi connectivity index (χ1n) is 17.5. The molecule has 0 spiro atoms. The van der Waals surface area contributed by atoms with E-state index < -0.39 is 61.9 Å². The third-order valence-electron chi connectivity index (χ3n) is 9.42. The van der Waals surface area contributed by atoms with Gasteiger partial charge in [-0.15, -0.1) is 0 Å². The maximum absolute atomic E-state index is 15.0. The maximum Gasteiger partial charge on any atom is 0.333 e. The van der Waals surface area contributed by atoms with Crippen LogP contribution in [0.25, 0.3) is 22.5 Å². The Hall–Kier alpha value is -4.79. The fourth-order valence-electron chi connectivity index (χ4n) is 6.15. The van der Waals surface area contributed by atoms with Crippen LogP contribution in [0.1, 0.15) is 74.3 Å². The van der Waals surface area contributed by atoms with Gasteiger partial charge in [-0.2, -0.15) is 19.0 Å². The number of carbonyl (C=O) groups is 2. The lowest BCUT2D eigenvalue weighted by atomic mass is 9.79. The van der Waals surface area contributed by atoms with Crippen LogP contribution in [0, 0.1) is 10.8 Å². The Labute approximate surface area is 300 Å². The molecule has 0 saturated heterocycles. The predicted molar refractivity (Wildman–Crippen MR) is 181 cm³/mol. The van der Waals surface area contributed by atoms with Crippen molar-refractivity contribution in [3.05, 3.63) is 77.3 Å². The molecule has 0 radical (unpaired) electrons. The van der Waals surface area contributed by atoms with Crippen LogP contribution in [-0.4, -0.2) is 60.3 Å². The zero-order valence-electron chi connectivity index (χ0n) is 30.9. The van der Waals surface area contributed by atoms with Crippen LogP contribution < -0.4 is 5.73 Å². The summed E-state index contributed by atoms with van der Waals surface area (Å²) >= 11 is 6.53. The number of aryl methyl sites for hydroxylation is 1. The summed E-state index contributed by atoms with van der Waals surface area (Å²) in [5.41, 5.74) is 5.07. The second-order valence-electron chi connectivity index (χ2n) is 14.0. The first kappa shape index (κ1) is 32.1. The fraction of sp³-hybridized carbons (Fsp3) is 0.429. The smallest absolute Gasteiger partial charge is 0.333 e. The number of aromatic nitrogens is 5. The minimum absolute atomic E-state index is 0.0445. The Morgan fingerprint density at radius 3 is 2.47 bits per heavy atom. The summed E-state index contributed by atoms with van der Waals surface area (Å²) in [6.45, 7) is -1.50. The highest BCUT2D eigenvalue weighted by Gasteiger charge is 2.57. The number of ether oxygens (including phenoxy) is 1. The van der Waals surface area contributed by atoms with Crippen molar-refractivity contribution in [2.75, 3.05) is 6.61 Å². The van der Waals surface area contributed by atoms with E-state index in [1.807, 2.05) is 6.92 Å². The van der Waals surface area contributed by atoms with Gasteiger partial charge >= 0.3 is 12.5 Å². The van der Waals surface area contributed by atoms with Crippen LogP contribution in [0.4, 0.5) is 17.6 Å². The van der Waals surface area contributed by atoms with Gasteiger partial charge in [0.05, 0.1) is 23.7 Å². The van der Waals surface area contributed by atoms with Crippen LogP contribution >= 0.6 is 11.6 Å². The van der Waals surface area contributed by atoms with Gasteiger partial charge in [-0.3, -0.25) is 19.2 Å². The number of guanidine groups is 1. The summed E-state index contributed by atoms with van der Waals surface area (Å²) in [7, 11) is 0. The molecule has 270 valence electrons. The highest BCUT2D eigenvalue weighted by Crippen LogP contribution is 2.56. The van der Waals surface area contributed by atoms with Gasteiger partial charge in [-0.1, -0.05) is 62.7 Å². The second kappa shape index (κ2) is 13.4. The van der Waals surface area contributed by atoms with E-state index in [-0.39, 0.29) is 34.2 Å². The lowest BCUT2D eigenvalue weighted by Crippen LogP contribution is -2.47. The van der Waals surface area contributed by atoms with Gasteiger partial charge in [0, 0.05) is 33.8 Å². The Morgan fingerprint density at radius 1 is 1.14 bits per heavy atom. The molecule has 1 saturated carbocycles. The van der Waals surface area contributed by atoms with Gasteiger partial charge in [0.2, 0.25) is 6.43 Å². The molecule has 1 fully saturated rings. The molecular weight excluding hydrogens is 692 g/mol. The molecule has 2 aromatic carbocycles. The number of nitrogens with zero attached hydrogens (tertiary/aromatic N) is 7. The van der Waals surface area contributed by atoms with Crippen molar-refractivity contribution in [3.63, 3.8) is 0 Å². The second-order valence-corrected chi connectivity index (χ2v) is 14.4. The monoisotopic (exact) mass is 731 g/mol. The first-order chi connectivity index (χ1) is 25.2. The molecule has 16 heteroatoms. The van der Waals surface area contributed by atoms with Crippen molar-refractivity contribution in [2.24, 2.45) is 28.5 Å². The van der Waals surface area contributed by atoms with E-state index in [1.54, 1.807) is 30.3 Å². The Balaban J connectivity index is 1.40. The number of alkyl halides is 4. The molecule has 0 unspecified atom stereocenters. The van der Waals surface area contributed by atoms with Crippen LogP contribution in [0.2, 0.25) is 5.02 Å². The average molecular weight is 732 g/mol. The normalized spacial score (nSPS) is 20.3. The highest BCUT2D eigenvalue weighted by molar-refractivity contribution is 6.33. The third kappa shape index (κ3) is 7.21. The number of rotatable bonds is 13. The van der Waals surface area contributed by atoms with Crippen LogP contribution in [0.5, 0.6) is 0 Å². The molecular formula is C35H37ClF4N8O3. The van der Waals surface area contributed by atoms with Gasteiger partial charge in [-0.05, 0) is 53.5 Å².